The van der Waals surface area contributed by atoms with Crippen molar-refractivity contribution < 1.29 is 31.5 Å². The van der Waals surface area contributed by atoms with Crippen LogP contribution in [0.15, 0.2) is 24.5 Å². The Balaban J connectivity index is 1.52. The summed E-state index contributed by atoms with van der Waals surface area (Å²) in [6.45, 7) is -0.150. The molecule has 0 radical (unpaired) electrons. The van der Waals surface area contributed by atoms with Crippen molar-refractivity contribution in [2.24, 2.45) is 0 Å². The second-order valence-corrected chi connectivity index (χ2v) is 8.28. The van der Waals surface area contributed by atoms with Gasteiger partial charge in [0.2, 0.25) is 0 Å². The Morgan fingerprint density at radius 1 is 1.17 bits per heavy atom. The average Bonchev–Trinajstić information content (AvgIpc) is 3.03. The van der Waals surface area contributed by atoms with Crippen LogP contribution in [0.4, 0.5) is 44.1 Å². The summed E-state index contributed by atoms with van der Waals surface area (Å²) in [6.07, 6.45) is -3.80. The van der Waals surface area contributed by atoms with E-state index in [1.807, 2.05) is 0 Å². The van der Waals surface area contributed by atoms with Crippen molar-refractivity contribution in [1.29, 1.82) is 5.41 Å². The predicted octanol–water partition coefficient (Wildman–Crippen LogP) is 3.00. The van der Waals surface area contributed by atoms with Gasteiger partial charge in [0.15, 0.2) is 5.82 Å². The lowest BCUT2D eigenvalue weighted by Gasteiger charge is -2.41. The fourth-order valence-electron chi connectivity index (χ4n) is 4.29. The molecule has 0 saturated carbocycles. The van der Waals surface area contributed by atoms with E-state index in [0.717, 1.165) is 23.4 Å². The Labute approximate surface area is 201 Å². The predicted molar refractivity (Wildman–Crippen MR) is 118 cm³/mol. The summed E-state index contributed by atoms with van der Waals surface area (Å²) in [5.74, 6) is -0.204. The molecule has 2 aliphatic rings. The quantitative estimate of drug-likeness (QED) is 0.347. The van der Waals surface area contributed by atoms with Gasteiger partial charge in [-0.05, 0) is 25.0 Å². The third-order valence-corrected chi connectivity index (χ3v) is 6.28. The molecule has 4 heterocycles. The third-order valence-electron chi connectivity index (χ3n) is 6.28. The number of hydrogen-bond donors (Lipinski definition) is 2. The van der Waals surface area contributed by atoms with E-state index in [1.165, 1.54) is 18.1 Å². The van der Waals surface area contributed by atoms with Gasteiger partial charge in [-0.15, -0.1) is 0 Å². The van der Waals surface area contributed by atoms with Crippen LogP contribution in [0.5, 0.6) is 0 Å². The molecule has 192 valence electrons. The van der Waals surface area contributed by atoms with E-state index in [0.29, 0.717) is 11.9 Å². The zero-order chi connectivity index (χ0) is 26.3. The van der Waals surface area contributed by atoms with Crippen LogP contribution >= 0.6 is 0 Å². The summed E-state index contributed by atoms with van der Waals surface area (Å²) in [6, 6.07) is 1.06. The molecule has 0 unspecified atom stereocenters. The maximum atomic E-state index is 13.4. The van der Waals surface area contributed by atoms with Gasteiger partial charge in [0.05, 0.1) is 24.6 Å². The molecule has 10 nitrogen and oxygen atoms in total. The van der Waals surface area contributed by atoms with Gasteiger partial charge in [-0.25, -0.2) is 33.4 Å². The van der Waals surface area contributed by atoms with Crippen molar-refractivity contribution >= 4 is 35.5 Å². The van der Waals surface area contributed by atoms with Crippen LogP contribution in [0.2, 0.25) is 0 Å². The number of nitrogens with zero attached hydrogens (tertiary/aromatic N) is 6. The number of amides is 3. The Morgan fingerprint density at radius 3 is 2.42 bits per heavy atom. The van der Waals surface area contributed by atoms with E-state index >= 15 is 0 Å². The molecule has 2 fully saturated rings. The highest BCUT2D eigenvalue weighted by Gasteiger charge is 2.57. The molecule has 0 bridgehead atoms. The number of carbonyl (C=O) groups is 2. The molecule has 0 atom stereocenters. The topological polar surface area (TPSA) is 118 Å². The van der Waals surface area contributed by atoms with Crippen LogP contribution in [-0.2, 0) is 11.0 Å². The molecule has 15 heteroatoms. The van der Waals surface area contributed by atoms with E-state index in [9.17, 15) is 31.5 Å². The zero-order valence-corrected chi connectivity index (χ0v) is 18.9. The zero-order valence-electron chi connectivity index (χ0n) is 18.9. The van der Waals surface area contributed by atoms with Crippen molar-refractivity contribution in [2.45, 2.75) is 31.0 Å². The van der Waals surface area contributed by atoms with Crippen LogP contribution in [0.25, 0.3) is 0 Å². The number of pyridine rings is 1. The SMILES string of the molecule is CN1C(=O)N(c2ccc(C(F)(F)F)nc2)C(=O)C12CCN(c1cnc(C=N)c(NCC(F)F)n1)CC2. The third kappa shape index (κ3) is 4.40. The van der Waals surface area contributed by atoms with Crippen molar-refractivity contribution in [2.75, 3.05) is 41.8 Å². The fourth-order valence-corrected chi connectivity index (χ4v) is 4.29. The molecule has 2 aliphatic heterocycles. The minimum Gasteiger partial charge on any atom is -0.362 e. The summed E-state index contributed by atoms with van der Waals surface area (Å²) in [5.41, 5.74) is -2.33. The standard InChI is InChI=1S/C21H21F5N8O2/c1-32-19(36)34(12-2-3-14(29-9-12)21(24,25)26)18(35)20(32)4-6-33(7-5-20)16-11-28-13(8-27)17(31-16)30-10-15(22)23/h2-3,8-9,11,15,27H,4-7,10H2,1H3,(H,30,31). The Bertz CT molecular complexity index is 1170. The van der Waals surface area contributed by atoms with Gasteiger partial charge >= 0.3 is 12.2 Å². The molecule has 2 aromatic heterocycles. The van der Waals surface area contributed by atoms with E-state index in [4.69, 9.17) is 5.41 Å². The highest BCUT2D eigenvalue weighted by atomic mass is 19.4. The number of hydrogen-bond acceptors (Lipinski definition) is 8. The van der Waals surface area contributed by atoms with Gasteiger partial charge in [-0.2, -0.15) is 13.2 Å². The second-order valence-electron chi connectivity index (χ2n) is 8.28. The van der Waals surface area contributed by atoms with Crippen molar-refractivity contribution in [1.82, 2.24) is 19.9 Å². The van der Waals surface area contributed by atoms with Crippen molar-refractivity contribution in [3.8, 4) is 0 Å². The lowest BCUT2D eigenvalue weighted by molar-refractivity contribution is -0.141. The van der Waals surface area contributed by atoms with Crippen LogP contribution in [-0.4, -0.2) is 76.7 Å². The van der Waals surface area contributed by atoms with Gasteiger partial charge in [-0.3, -0.25) is 4.79 Å². The number of alkyl halides is 5. The minimum atomic E-state index is -4.66. The van der Waals surface area contributed by atoms with Gasteiger partial charge in [0.25, 0.3) is 12.3 Å². The van der Waals surface area contributed by atoms with Gasteiger partial charge < -0.3 is 20.5 Å². The summed E-state index contributed by atoms with van der Waals surface area (Å²) >= 11 is 0. The van der Waals surface area contributed by atoms with Crippen LogP contribution in [0.3, 0.4) is 0 Å². The number of halogens is 5. The molecular formula is C21H21F5N8O2. The second kappa shape index (κ2) is 9.28. The van der Waals surface area contributed by atoms with Gasteiger partial charge in [-0.1, -0.05) is 0 Å². The maximum Gasteiger partial charge on any atom is 0.433 e. The maximum absolute atomic E-state index is 13.4. The fraction of sp³-hybridized carbons (Fsp3) is 0.429. The summed E-state index contributed by atoms with van der Waals surface area (Å²) < 4.78 is 63.7. The van der Waals surface area contributed by atoms with Crippen LogP contribution in [0, 0.1) is 5.41 Å². The number of piperidine rings is 1. The summed E-state index contributed by atoms with van der Waals surface area (Å²) in [5, 5.41) is 9.84. The number of urea groups is 1. The molecule has 2 aromatic rings. The summed E-state index contributed by atoms with van der Waals surface area (Å²) in [7, 11) is 1.46. The normalized spacial score (nSPS) is 17.9. The first-order valence-electron chi connectivity index (χ1n) is 10.8. The monoisotopic (exact) mass is 512 g/mol. The number of nitrogens with one attached hydrogen (secondary N) is 2. The largest absolute Gasteiger partial charge is 0.433 e. The van der Waals surface area contributed by atoms with Crippen molar-refractivity contribution in [3.05, 3.63) is 35.9 Å². The lowest BCUT2D eigenvalue weighted by Crippen LogP contribution is -2.55. The number of aromatic nitrogens is 3. The molecule has 2 saturated heterocycles. The van der Waals surface area contributed by atoms with Gasteiger partial charge in [0.1, 0.15) is 22.7 Å². The molecule has 4 rings (SSSR count). The Hall–Kier alpha value is -3.91. The number of anilines is 3. The highest BCUT2D eigenvalue weighted by Crippen LogP contribution is 2.39. The van der Waals surface area contributed by atoms with E-state index in [1.54, 1.807) is 4.90 Å². The lowest BCUT2D eigenvalue weighted by atomic mass is 9.86. The molecule has 0 aromatic carbocycles. The first-order chi connectivity index (χ1) is 17.0. The molecule has 0 aliphatic carbocycles. The number of likely N-dealkylation sites (N-methyl/N-ethyl adjacent to an activating group) is 1. The first kappa shape index (κ1) is 25.2. The smallest absolute Gasteiger partial charge is 0.362 e. The number of imide groups is 1. The summed E-state index contributed by atoms with van der Waals surface area (Å²) in [4.78, 5) is 41.9. The Kier molecular flexibility index (Phi) is 6.49. The molecule has 36 heavy (non-hydrogen) atoms. The first-order valence-corrected chi connectivity index (χ1v) is 10.8. The van der Waals surface area contributed by atoms with Crippen LogP contribution in [0.1, 0.15) is 24.2 Å². The molecular weight excluding hydrogens is 491 g/mol. The van der Waals surface area contributed by atoms with E-state index in [-0.39, 0.29) is 43.1 Å². The average molecular weight is 512 g/mol. The highest BCUT2D eigenvalue weighted by molar-refractivity contribution is 6.23. The van der Waals surface area contributed by atoms with Crippen molar-refractivity contribution in [3.63, 3.8) is 0 Å². The Morgan fingerprint density at radius 2 is 1.86 bits per heavy atom. The van der Waals surface area contributed by atoms with Gasteiger partial charge in [0, 0.05) is 26.4 Å². The molecule has 1 spiro atoms. The minimum absolute atomic E-state index is 0.0216. The van der Waals surface area contributed by atoms with E-state index in [2.05, 4.69) is 20.3 Å². The number of rotatable bonds is 6. The van der Waals surface area contributed by atoms with Crippen LogP contribution < -0.4 is 15.1 Å². The molecule has 2 N–H and O–H groups in total. The van der Waals surface area contributed by atoms with E-state index < -0.39 is 42.3 Å². The number of carbonyl (C=O) groups excluding carboxylic acids is 2. The molecule has 3 amide bonds.